The predicted octanol–water partition coefficient (Wildman–Crippen LogP) is 2.08. The fourth-order valence-corrected chi connectivity index (χ4v) is 2.47. The fraction of sp³-hybridized carbons (Fsp3) is 0.333. The minimum absolute atomic E-state index is 0.123. The van der Waals surface area contributed by atoms with Crippen molar-refractivity contribution in [2.45, 2.75) is 18.8 Å². The highest BCUT2D eigenvalue weighted by molar-refractivity contribution is 6.37. The molecule has 24 heavy (non-hydrogen) atoms. The Bertz CT molecular complexity index is 679. The second-order valence-corrected chi connectivity index (χ2v) is 5.48. The van der Waals surface area contributed by atoms with Crippen LogP contribution in [-0.4, -0.2) is 47.9 Å². The Labute approximate surface area is 143 Å². The number of likely N-dealkylation sites (N-methyl/N-ethyl adjacent to an activating group) is 1. The normalized spacial score (nSPS) is 19.9. The summed E-state index contributed by atoms with van der Waals surface area (Å²) in [6.07, 6.45) is -5.68. The summed E-state index contributed by atoms with van der Waals surface area (Å²) in [6.45, 7) is 0. The molecule has 7 nitrogen and oxygen atoms in total. The van der Waals surface area contributed by atoms with Gasteiger partial charge in [0.1, 0.15) is 5.75 Å². The largest absolute Gasteiger partial charge is 0.476 e. The number of halogens is 5. The lowest BCUT2D eigenvalue weighted by molar-refractivity contribution is -0.153. The highest BCUT2D eigenvalue weighted by Gasteiger charge is 2.44. The molecule has 0 aliphatic carbocycles. The summed E-state index contributed by atoms with van der Waals surface area (Å²) in [5, 5.41) is 9.73. The molecule has 2 rings (SSSR count). The maximum atomic E-state index is 13.2. The van der Waals surface area contributed by atoms with Crippen LogP contribution < -0.4 is 15.3 Å². The van der Waals surface area contributed by atoms with Crippen molar-refractivity contribution in [1.82, 2.24) is 10.5 Å². The number of rotatable bonds is 5. The first kappa shape index (κ1) is 18.6. The third kappa shape index (κ3) is 3.51. The lowest BCUT2D eigenvalue weighted by Crippen LogP contribution is -2.40. The molecular formula is C12H10Cl2F3N3O4. The summed E-state index contributed by atoms with van der Waals surface area (Å²) in [7, 11) is 1.22. The highest BCUT2D eigenvalue weighted by Crippen LogP contribution is 2.38. The Morgan fingerprint density at radius 2 is 1.96 bits per heavy atom. The van der Waals surface area contributed by atoms with Gasteiger partial charge in [-0.3, -0.25) is 4.79 Å². The average Bonchev–Trinajstić information content (AvgIpc) is 2.76. The van der Waals surface area contributed by atoms with Crippen LogP contribution >= 0.6 is 23.2 Å². The smallest absolute Gasteiger partial charge is 0.378 e. The minimum atomic E-state index is -2.97. The number of alkyl halides is 3. The number of hydrazine groups is 2. The van der Waals surface area contributed by atoms with E-state index in [1.54, 1.807) is 0 Å². The van der Waals surface area contributed by atoms with Crippen LogP contribution in [0.5, 0.6) is 5.75 Å². The third-order valence-corrected chi connectivity index (χ3v) is 3.65. The van der Waals surface area contributed by atoms with E-state index in [9.17, 15) is 22.8 Å². The zero-order valence-electron chi connectivity index (χ0n) is 11.8. The Kier molecular flexibility index (Phi) is 5.43. The zero-order chi connectivity index (χ0) is 18.2. The van der Waals surface area contributed by atoms with Gasteiger partial charge < -0.3 is 9.84 Å². The lowest BCUT2D eigenvalue weighted by atomic mass is 10.2. The molecule has 1 heterocycles. The molecule has 0 spiro atoms. The van der Waals surface area contributed by atoms with Crippen LogP contribution in [0, 0.1) is 0 Å². The number of hydrogen-bond donors (Lipinski definition) is 2. The summed E-state index contributed by atoms with van der Waals surface area (Å²) in [5.74, 6) is -3.34. The molecule has 1 aromatic rings. The second kappa shape index (κ2) is 7.01. The maximum Gasteiger partial charge on any atom is 0.378 e. The van der Waals surface area contributed by atoms with E-state index < -0.39 is 36.5 Å². The monoisotopic (exact) mass is 387 g/mol. The molecule has 12 heteroatoms. The highest BCUT2D eigenvalue weighted by atomic mass is 35.5. The van der Waals surface area contributed by atoms with Gasteiger partial charge in [0.05, 0.1) is 15.7 Å². The number of anilines is 1. The van der Waals surface area contributed by atoms with Gasteiger partial charge in [-0.2, -0.15) is 9.93 Å². The Balaban J connectivity index is 2.37. The number of carboxylic acids is 1. The van der Waals surface area contributed by atoms with Gasteiger partial charge in [0.25, 0.3) is 12.3 Å². The predicted molar refractivity (Wildman–Crippen MR) is 77.8 cm³/mol. The molecule has 0 aromatic heterocycles. The molecule has 0 saturated carbocycles. The minimum Gasteiger partial charge on any atom is -0.476 e. The van der Waals surface area contributed by atoms with Gasteiger partial charge in [0.15, 0.2) is 6.04 Å². The molecule has 1 saturated heterocycles. The van der Waals surface area contributed by atoms with Crippen LogP contribution in [0.4, 0.5) is 18.9 Å². The number of hydrogen-bond acceptors (Lipinski definition) is 5. The van der Waals surface area contributed by atoms with Crippen molar-refractivity contribution >= 4 is 40.8 Å². The summed E-state index contributed by atoms with van der Waals surface area (Å²) < 4.78 is 43.5. The second-order valence-electron chi connectivity index (χ2n) is 4.67. The van der Waals surface area contributed by atoms with Crippen molar-refractivity contribution < 1.29 is 32.6 Å². The molecule has 0 bridgehead atoms. The maximum absolute atomic E-state index is 13.2. The summed E-state index contributed by atoms with van der Waals surface area (Å²) in [6, 6.07) is 0.272. The van der Waals surface area contributed by atoms with Crippen LogP contribution in [0.3, 0.4) is 0 Å². The Morgan fingerprint density at radius 1 is 1.33 bits per heavy atom. The summed E-state index contributed by atoms with van der Waals surface area (Å²) >= 11 is 11.7. The SMILES string of the molecule is CN1NN(c2cc(OC(F)C(=O)O)c(Cl)cc2Cl)C(=O)C1C(F)F. The molecule has 2 N–H and O–H groups in total. The number of carboxylic acid groups (broad SMARTS) is 1. The quantitative estimate of drug-likeness (QED) is 0.804. The van der Waals surface area contributed by atoms with Crippen LogP contribution in [0.2, 0.25) is 10.0 Å². The van der Waals surface area contributed by atoms with Crippen molar-refractivity contribution in [3.05, 3.63) is 22.2 Å². The Morgan fingerprint density at radius 3 is 2.46 bits per heavy atom. The molecule has 2 atom stereocenters. The van der Waals surface area contributed by atoms with E-state index in [-0.39, 0.29) is 15.7 Å². The van der Waals surface area contributed by atoms with Gasteiger partial charge in [0.2, 0.25) is 0 Å². The number of carbonyl (C=O) groups excluding carboxylic acids is 1. The number of nitrogens with zero attached hydrogens (tertiary/aromatic N) is 2. The molecule has 0 radical (unpaired) electrons. The average molecular weight is 388 g/mol. The van der Waals surface area contributed by atoms with Gasteiger partial charge in [0, 0.05) is 13.1 Å². The first-order valence-electron chi connectivity index (χ1n) is 6.27. The number of nitrogens with one attached hydrogen (secondary N) is 1. The van der Waals surface area contributed by atoms with E-state index >= 15 is 0 Å². The number of aliphatic carboxylic acids is 1. The standard InChI is InChI=1S/C12H10Cl2F3N3O4/c1-19-8(9(15)16)11(21)20(18-19)6-3-7(5(14)2-4(6)13)24-10(17)12(22)23/h2-3,8-10,18H,1H3,(H,22,23). The van der Waals surface area contributed by atoms with Crippen molar-refractivity contribution in [2.24, 2.45) is 0 Å². The van der Waals surface area contributed by atoms with Crippen LogP contribution in [0.25, 0.3) is 0 Å². The van der Waals surface area contributed by atoms with E-state index in [1.165, 1.54) is 7.05 Å². The molecular weight excluding hydrogens is 378 g/mol. The fourth-order valence-electron chi connectivity index (χ4n) is 1.96. The first-order valence-corrected chi connectivity index (χ1v) is 7.03. The van der Waals surface area contributed by atoms with Crippen molar-refractivity contribution in [1.29, 1.82) is 0 Å². The molecule has 132 valence electrons. The number of benzene rings is 1. The molecule has 1 aromatic carbocycles. The van der Waals surface area contributed by atoms with Crippen molar-refractivity contribution in [3.63, 3.8) is 0 Å². The summed E-state index contributed by atoms with van der Waals surface area (Å²) in [4.78, 5) is 22.6. The number of carbonyl (C=O) groups is 2. The van der Waals surface area contributed by atoms with Gasteiger partial charge >= 0.3 is 12.3 Å². The molecule has 1 fully saturated rings. The van der Waals surface area contributed by atoms with E-state index in [1.807, 2.05) is 0 Å². The third-order valence-electron chi connectivity index (χ3n) is 3.05. The van der Waals surface area contributed by atoms with Gasteiger partial charge in [-0.25, -0.2) is 23.6 Å². The number of ether oxygens (including phenoxy) is 1. The zero-order valence-corrected chi connectivity index (χ0v) is 13.4. The molecule has 1 amide bonds. The molecule has 2 unspecified atom stereocenters. The van der Waals surface area contributed by atoms with Crippen LogP contribution in [0.15, 0.2) is 12.1 Å². The van der Waals surface area contributed by atoms with E-state index in [4.69, 9.17) is 28.3 Å². The molecule has 1 aliphatic rings. The molecule has 1 aliphatic heterocycles. The van der Waals surface area contributed by atoms with Crippen LogP contribution in [-0.2, 0) is 9.59 Å². The van der Waals surface area contributed by atoms with E-state index in [2.05, 4.69) is 10.3 Å². The lowest BCUT2D eigenvalue weighted by Gasteiger charge is -2.20. The van der Waals surface area contributed by atoms with E-state index in [0.29, 0.717) is 5.01 Å². The van der Waals surface area contributed by atoms with Gasteiger partial charge in [-0.1, -0.05) is 23.2 Å². The van der Waals surface area contributed by atoms with Crippen LogP contribution in [0.1, 0.15) is 0 Å². The number of amides is 1. The van der Waals surface area contributed by atoms with Crippen molar-refractivity contribution in [2.75, 3.05) is 12.1 Å². The Hall–Kier alpha value is -1.75. The summed E-state index contributed by atoms with van der Waals surface area (Å²) in [5.41, 5.74) is 2.20. The topological polar surface area (TPSA) is 82.1 Å². The van der Waals surface area contributed by atoms with Gasteiger partial charge in [-0.05, 0) is 6.07 Å². The first-order chi connectivity index (χ1) is 11.1. The van der Waals surface area contributed by atoms with Gasteiger partial charge in [-0.15, -0.1) is 0 Å². The van der Waals surface area contributed by atoms with Crippen molar-refractivity contribution in [3.8, 4) is 5.75 Å². The van der Waals surface area contributed by atoms with E-state index in [0.717, 1.165) is 17.1 Å².